The molecule has 1 N–H and O–H groups in total. The van der Waals surface area contributed by atoms with Crippen molar-refractivity contribution in [2.75, 3.05) is 0 Å². The summed E-state index contributed by atoms with van der Waals surface area (Å²) in [6, 6.07) is 9.68. The number of benzene rings is 1. The first-order chi connectivity index (χ1) is 10.7. The maximum atomic E-state index is 11.6. The number of unbranched alkanes of at least 4 members (excludes halogenated alkanes) is 6. The second kappa shape index (κ2) is 11.8. The Morgan fingerprint density at radius 3 is 1.95 bits per heavy atom. The lowest BCUT2D eigenvalue weighted by molar-refractivity contribution is -0.145. The molecule has 4 heteroatoms. The van der Waals surface area contributed by atoms with Crippen molar-refractivity contribution in [2.45, 2.75) is 64.4 Å². The molecule has 0 heterocycles. The van der Waals surface area contributed by atoms with Crippen molar-refractivity contribution in [2.24, 2.45) is 0 Å². The molecule has 4 nitrogen and oxygen atoms in total. The topological polar surface area (TPSA) is 63.6 Å². The molecule has 1 aromatic carbocycles. The monoisotopic (exact) mass is 306 g/mol. The second-order valence-corrected chi connectivity index (χ2v) is 5.51. The van der Waals surface area contributed by atoms with Gasteiger partial charge in [-0.05, 0) is 18.4 Å². The van der Waals surface area contributed by atoms with E-state index < -0.39 is 5.97 Å². The van der Waals surface area contributed by atoms with Crippen LogP contribution >= 0.6 is 0 Å². The van der Waals surface area contributed by atoms with Crippen LogP contribution in [-0.4, -0.2) is 17.0 Å². The van der Waals surface area contributed by atoms with Crippen LogP contribution in [0.25, 0.3) is 0 Å². The molecule has 0 spiro atoms. The van der Waals surface area contributed by atoms with Gasteiger partial charge in [0, 0.05) is 12.8 Å². The molecular formula is C18H26O4. The number of rotatable bonds is 12. The Morgan fingerprint density at radius 2 is 1.36 bits per heavy atom. The Kier molecular flexibility index (Phi) is 9.75. The van der Waals surface area contributed by atoms with Gasteiger partial charge in [0.2, 0.25) is 0 Å². The van der Waals surface area contributed by atoms with E-state index in [1.54, 1.807) is 0 Å². The van der Waals surface area contributed by atoms with E-state index in [2.05, 4.69) is 0 Å². The van der Waals surface area contributed by atoms with Crippen molar-refractivity contribution in [3.8, 4) is 0 Å². The predicted molar refractivity (Wildman–Crippen MR) is 85.4 cm³/mol. The summed E-state index contributed by atoms with van der Waals surface area (Å²) >= 11 is 0. The highest BCUT2D eigenvalue weighted by atomic mass is 16.5. The molecule has 0 aromatic heterocycles. The highest BCUT2D eigenvalue weighted by molar-refractivity contribution is 5.69. The lowest BCUT2D eigenvalue weighted by Crippen LogP contribution is -2.04. The minimum Gasteiger partial charge on any atom is -0.481 e. The third-order valence-corrected chi connectivity index (χ3v) is 3.51. The van der Waals surface area contributed by atoms with Crippen LogP contribution in [0.5, 0.6) is 0 Å². The average Bonchev–Trinajstić information content (AvgIpc) is 2.52. The van der Waals surface area contributed by atoms with Gasteiger partial charge in [-0.2, -0.15) is 0 Å². The van der Waals surface area contributed by atoms with Gasteiger partial charge in [-0.3, -0.25) is 9.59 Å². The summed E-state index contributed by atoms with van der Waals surface area (Å²) in [7, 11) is 0. The van der Waals surface area contributed by atoms with E-state index in [1.807, 2.05) is 30.3 Å². The Balaban J connectivity index is 1.89. The molecule has 1 rings (SSSR count). The molecule has 0 saturated carbocycles. The summed E-state index contributed by atoms with van der Waals surface area (Å²) < 4.78 is 5.22. The lowest BCUT2D eigenvalue weighted by Gasteiger charge is -2.05. The quantitative estimate of drug-likeness (QED) is 0.461. The van der Waals surface area contributed by atoms with Gasteiger partial charge in [0.15, 0.2) is 0 Å². The van der Waals surface area contributed by atoms with Gasteiger partial charge in [0.25, 0.3) is 0 Å². The SMILES string of the molecule is O=C(O)CCCCCCCCCC(=O)OCc1ccccc1. The number of carbonyl (C=O) groups excluding carboxylic acids is 1. The van der Waals surface area contributed by atoms with Crippen molar-refractivity contribution in [1.82, 2.24) is 0 Å². The summed E-state index contributed by atoms with van der Waals surface area (Å²) in [6.07, 6.45) is 7.66. The number of carboxylic acid groups (broad SMARTS) is 1. The lowest BCUT2D eigenvalue weighted by atomic mass is 10.1. The van der Waals surface area contributed by atoms with E-state index in [-0.39, 0.29) is 12.4 Å². The largest absolute Gasteiger partial charge is 0.481 e. The molecule has 0 aliphatic rings. The Hall–Kier alpha value is -1.84. The third kappa shape index (κ3) is 9.97. The number of hydrogen-bond acceptors (Lipinski definition) is 3. The minimum absolute atomic E-state index is 0.134. The standard InChI is InChI=1S/C18H26O4/c19-17(20)13-9-4-2-1-3-5-10-14-18(21)22-15-16-11-7-6-8-12-16/h6-8,11-12H,1-5,9-10,13-15H2,(H,19,20). The predicted octanol–water partition coefficient (Wildman–Crippen LogP) is 4.33. The number of carbonyl (C=O) groups is 2. The molecule has 0 aliphatic carbocycles. The van der Waals surface area contributed by atoms with E-state index >= 15 is 0 Å². The molecule has 0 aliphatic heterocycles. The van der Waals surface area contributed by atoms with Gasteiger partial charge in [0.05, 0.1) is 0 Å². The first kappa shape index (κ1) is 18.2. The maximum Gasteiger partial charge on any atom is 0.306 e. The fourth-order valence-electron chi connectivity index (χ4n) is 2.24. The highest BCUT2D eigenvalue weighted by Gasteiger charge is 2.03. The van der Waals surface area contributed by atoms with Crippen molar-refractivity contribution in [1.29, 1.82) is 0 Å². The van der Waals surface area contributed by atoms with Crippen molar-refractivity contribution in [3.63, 3.8) is 0 Å². The zero-order valence-electron chi connectivity index (χ0n) is 13.1. The van der Waals surface area contributed by atoms with Gasteiger partial charge in [-0.25, -0.2) is 0 Å². The van der Waals surface area contributed by atoms with E-state index in [9.17, 15) is 9.59 Å². The molecule has 22 heavy (non-hydrogen) atoms. The highest BCUT2D eigenvalue weighted by Crippen LogP contribution is 2.10. The van der Waals surface area contributed by atoms with Crippen LogP contribution in [0.15, 0.2) is 30.3 Å². The van der Waals surface area contributed by atoms with Crippen molar-refractivity contribution in [3.05, 3.63) is 35.9 Å². The summed E-state index contributed by atoms with van der Waals surface area (Å²) in [4.78, 5) is 21.9. The van der Waals surface area contributed by atoms with E-state index in [0.717, 1.165) is 50.5 Å². The second-order valence-electron chi connectivity index (χ2n) is 5.51. The van der Waals surface area contributed by atoms with Gasteiger partial charge in [-0.15, -0.1) is 0 Å². The molecule has 0 amide bonds. The molecule has 0 atom stereocenters. The Morgan fingerprint density at radius 1 is 0.818 bits per heavy atom. The fourth-order valence-corrected chi connectivity index (χ4v) is 2.24. The Labute approximate surface area is 132 Å². The number of esters is 1. The summed E-state index contributed by atoms with van der Waals surface area (Å²) in [6.45, 7) is 0.350. The molecule has 1 aromatic rings. The van der Waals surface area contributed by atoms with E-state index in [1.165, 1.54) is 0 Å². The van der Waals surface area contributed by atoms with Crippen molar-refractivity contribution >= 4 is 11.9 Å². The minimum atomic E-state index is -0.714. The first-order valence-electron chi connectivity index (χ1n) is 8.10. The smallest absolute Gasteiger partial charge is 0.306 e. The van der Waals surface area contributed by atoms with Crippen molar-refractivity contribution < 1.29 is 19.4 Å². The Bertz CT molecular complexity index is 428. The van der Waals surface area contributed by atoms with Gasteiger partial charge in [0.1, 0.15) is 6.61 Å². The molecule has 122 valence electrons. The number of hydrogen-bond donors (Lipinski definition) is 1. The molecule has 0 fully saturated rings. The summed E-state index contributed by atoms with van der Waals surface area (Å²) in [5, 5.41) is 8.51. The van der Waals surface area contributed by atoms with Gasteiger partial charge >= 0.3 is 11.9 Å². The molecule has 0 unspecified atom stereocenters. The van der Waals surface area contributed by atoms with Gasteiger partial charge < -0.3 is 9.84 Å². The van der Waals surface area contributed by atoms with Crippen LogP contribution < -0.4 is 0 Å². The van der Waals surface area contributed by atoms with Crippen LogP contribution in [0.1, 0.15) is 63.4 Å². The molecule has 0 bridgehead atoms. The van der Waals surface area contributed by atoms with Crippen LogP contribution in [0.3, 0.4) is 0 Å². The number of ether oxygens (including phenoxy) is 1. The third-order valence-electron chi connectivity index (χ3n) is 3.51. The zero-order chi connectivity index (χ0) is 16.0. The summed E-state index contributed by atoms with van der Waals surface area (Å²) in [5.41, 5.74) is 1.01. The molecule has 0 radical (unpaired) electrons. The molecule has 0 saturated heterocycles. The van der Waals surface area contributed by atoms with E-state index in [0.29, 0.717) is 13.0 Å². The van der Waals surface area contributed by atoms with Crippen LogP contribution in [0.4, 0.5) is 0 Å². The number of aliphatic carboxylic acids is 1. The maximum absolute atomic E-state index is 11.6. The average molecular weight is 306 g/mol. The number of carboxylic acids is 1. The fraction of sp³-hybridized carbons (Fsp3) is 0.556. The van der Waals surface area contributed by atoms with Crippen LogP contribution in [0, 0.1) is 0 Å². The zero-order valence-corrected chi connectivity index (χ0v) is 13.1. The van der Waals surface area contributed by atoms with Crippen LogP contribution in [-0.2, 0) is 20.9 Å². The van der Waals surface area contributed by atoms with E-state index in [4.69, 9.17) is 9.84 Å². The summed E-state index contributed by atoms with van der Waals surface area (Å²) in [5.74, 6) is -0.848. The van der Waals surface area contributed by atoms with Crippen LogP contribution in [0.2, 0.25) is 0 Å². The van der Waals surface area contributed by atoms with Gasteiger partial charge in [-0.1, -0.05) is 62.4 Å². The molecular weight excluding hydrogens is 280 g/mol. The normalized spacial score (nSPS) is 10.4. The first-order valence-corrected chi connectivity index (χ1v) is 8.10.